The molecular formula is C39H40F2N4O7. The highest BCUT2D eigenvalue weighted by Crippen LogP contribution is 2.34. The largest absolute Gasteiger partial charge is 0.494 e. The molecule has 0 amide bonds. The van der Waals surface area contributed by atoms with Gasteiger partial charge in [-0.1, -0.05) is 12.1 Å². The molecule has 5 aromatic rings. The zero-order valence-electron chi connectivity index (χ0n) is 28.7. The van der Waals surface area contributed by atoms with E-state index in [2.05, 4.69) is 39.8 Å². The molecule has 52 heavy (non-hydrogen) atoms. The van der Waals surface area contributed by atoms with Crippen molar-refractivity contribution >= 4 is 33.7 Å². The van der Waals surface area contributed by atoms with E-state index >= 15 is 0 Å². The summed E-state index contributed by atoms with van der Waals surface area (Å²) in [6.45, 7) is 0.652. The number of fused-ring (bicyclic) bond motifs is 3. The maximum absolute atomic E-state index is 14.8. The average molecular weight is 715 g/mol. The zero-order chi connectivity index (χ0) is 36.4. The summed E-state index contributed by atoms with van der Waals surface area (Å²) in [7, 11) is 2.06. The highest BCUT2D eigenvalue weighted by molar-refractivity contribution is 6.08. The molecule has 0 radical (unpaired) electrons. The van der Waals surface area contributed by atoms with Crippen LogP contribution in [0.4, 0.5) is 8.78 Å². The molecule has 1 saturated carbocycles. The van der Waals surface area contributed by atoms with Crippen LogP contribution in [0.2, 0.25) is 0 Å². The van der Waals surface area contributed by atoms with Crippen molar-refractivity contribution in [2.24, 2.45) is 7.05 Å². The van der Waals surface area contributed by atoms with Gasteiger partial charge in [0.2, 0.25) is 5.88 Å². The molecule has 0 unspecified atom stereocenters. The molecule has 0 spiro atoms. The van der Waals surface area contributed by atoms with Crippen molar-refractivity contribution in [1.82, 2.24) is 19.4 Å². The number of aryl methyl sites for hydroxylation is 1. The Bertz CT molecular complexity index is 2070. The van der Waals surface area contributed by atoms with Crippen LogP contribution < -0.4 is 9.47 Å². The molecule has 2 N–H and O–H groups in total. The summed E-state index contributed by atoms with van der Waals surface area (Å²) in [6, 6.07) is 15.9. The Morgan fingerprint density at radius 3 is 2.37 bits per heavy atom. The Morgan fingerprint density at radius 2 is 1.63 bits per heavy atom. The normalized spacial score (nSPS) is 18.4. The lowest BCUT2D eigenvalue weighted by molar-refractivity contribution is -0.117. The van der Waals surface area contributed by atoms with Gasteiger partial charge in [0.15, 0.2) is 0 Å². The van der Waals surface area contributed by atoms with E-state index < -0.39 is 23.4 Å². The van der Waals surface area contributed by atoms with Crippen LogP contribution in [0, 0.1) is 0 Å². The van der Waals surface area contributed by atoms with Crippen molar-refractivity contribution < 1.29 is 42.8 Å². The second-order valence-electron chi connectivity index (χ2n) is 13.6. The number of likely N-dealkylation sites (tertiary alicyclic amines) is 1. The number of carboxylic acid groups (broad SMARTS) is 2. The van der Waals surface area contributed by atoms with E-state index in [1.54, 1.807) is 4.90 Å². The number of pyridine rings is 2. The third-order valence-corrected chi connectivity index (χ3v) is 10.00. The van der Waals surface area contributed by atoms with E-state index in [0.717, 1.165) is 57.9 Å². The second kappa shape index (κ2) is 14.8. The number of carbonyl (C=O) groups is 2. The smallest absolute Gasteiger partial charge is 0.336 e. The van der Waals surface area contributed by atoms with Crippen LogP contribution >= 0.6 is 0 Å². The Kier molecular flexibility index (Phi) is 10.1. The summed E-state index contributed by atoms with van der Waals surface area (Å²) >= 11 is 0. The lowest BCUT2D eigenvalue weighted by Gasteiger charge is -2.40. The molecule has 7 rings (SSSR count). The first kappa shape index (κ1) is 35.3. The minimum Gasteiger partial charge on any atom is -0.494 e. The van der Waals surface area contributed by atoms with E-state index in [4.69, 9.17) is 19.3 Å². The third kappa shape index (κ3) is 7.85. The number of alkyl halides is 2. The number of aromatic carboxylic acids is 2. The van der Waals surface area contributed by atoms with Crippen molar-refractivity contribution in [3.8, 4) is 22.8 Å². The summed E-state index contributed by atoms with van der Waals surface area (Å²) in [5.74, 6) is -5.00. The molecule has 1 saturated heterocycles. The molecule has 0 atom stereocenters. The van der Waals surface area contributed by atoms with Crippen LogP contribution in [0.5, 0.6) is 11.6 Å². The van der Waals surface area contributed by atoms with Crippen LogP contribution in [-0.2, 0) is 11.8 Å². The van der Waals surface area contributed by atoms with Gasteiger partial charge < -0.3 is 29.0 Å². The standard InChI is InChI=1S/C39H40F2N4O7/c1-44-34-9-13-42-22-33(34)30-6-3-24(17-35(30)44)25-4-8-36(43-21-25)52-29-18-28(19-29)51-26-10-14-45(15-11-26)23-39(40,41)12-2-16-50-27-5-7-31(37(46)47)32(20-27)38(48)49/h3-9,13,17,20-22,26,28-29H,2,10-12,14-16,18-19,23H2,1H3,(H,46,47)(H,48,49)/t28-,29-. The van der Waals surface area contributed by atoms with Crippen LogP contribution in [0.15, 0.2) is 73.2 Å². The van der Waals surface area contributed by atoms with Crippen molar-refractivity contribution in [3.05, 3.63) is 84.3 Å². The van der Waals surface area contributed by atoms with Crippen molar-refractivity contribution in [2.75, 3.05) is 26.2 Å². The SMILES string of the molecule is Cn1c2ccncc2c2ccc(-c3ccc(O[C@H]4C[C@H](OC5CCN(CC(F)(F)CCCOc6ccc(C(=O)O)c(C(=O)O)c6)CC5)C4)nc3)cc21. The van der Waals surface area contributed by atoms with E-state index in [9.17, 15) is 23.5 Å². The lowest BCUT2D eigenvalue weighted by Crippen LogP contribution is -2.46. The van der Waals surface area contributed by atoms with E-state index in [-0.39, 0.29) is 55.6 Å². The van der Waals surface area contributed by atoms with Crippen LogP contribution in [0.25, 0.3) is 32.9 Å². The fourth-order valence-electron chi connectivity index (χ4n) is 7.13. The van der Waals surface area contributed by atoms with Gasteiger partial charge in [0, 0.05) is 85.9 Å². The van der Waals surface area contributed by atoms with Crippen LogP contribution in [0.3, 0.4) is 0 Å². The molecule has 2 aliphatic rings. The molecule has 1 aliphatic carbocycles. The molecule has 2 fully saturated rings. The lowest BCUT2D eigenvalue weighted by atomic mass is 9.91. The highest BCUT2D eigenvalue weighted by atomic mass is 19.3. The molecule has 0 bridgehead atoms. The summed E-state index contributed by atoms with van der Waals surface area (Å²) in [4.78, 5) is 33.2. The van der Waals surface area contributed by atoms with Crippen LogP contribution in [0.1, 0.15) is 59.2 Å². The van der Waals surface area contributed by atoms with Gasteiger partial charge in [-0.15, -0.1) is 0 Å². The Hall–Kier alpha value is -5.14. The van der Waals surface area contributed by atoms with Gasteiger partial charge in [-0.05, 0) is 61.2 Å². The Balaban J connectivity index is 0.801. The molecule has 272 valence electrons. The molecule has 13 heteroatoms. The van der Waals surface area contributed by atoms with Gasteiger partial charge in [0.05, 0.1) is 42.0 Å². The average Bonchev–Trinajstić information content (AvgIpc) is 3.40. The van der Waals surface area contributed by atoms with Gasteiger partial charge >= 0.3 is 11.9 Å². The minimum atomic E-state index is -2.91. The first-order valence-corrected chi connectivity index (χ1v) is 17.5. The number of hydrogen-bond donors (Lipinski definition) is 2. The Labute approximate surface area is 298 Å². The predicted molar refractivity (Wildman–Crippen MR) is 189 cm³/mol. The topological polar surface area (TPSA) is 136 Å². The van der Waals surface area contributed by atoms with E-state index in [1.807, 2.05) is 36.8 Å². The number of nitrogens with zero attached hydrogens (tertiary/aromatic N) is 4. The van der Waals surface area contributed by atoms with Crippen molar-refractivity contribution in [3.63, 3.8) is 0 Å². The predicted octanol–water partition coefficient (Wildman–Crippen LogP) is 7.07. The van der Waals surface area contributed by atoms with Crippen molar-refractivity contribution in [2.45, 2.75) is 62.8 Å². The summed E-state index contributed by atoms with van der Waals surface area (Å²) in [5, 5.41) is 20.7. The maximum atomic E-state index is 14.8. The van der Waals surface area contributed by atoms with E-state index in [0.29, 0.717) is 31.8 Å². The number of hydrogen-bond acceptors (Lipinski definition) is 8. The number of ether oxygens (including phenoxy) is 3. The summed E-state index contributed by atoms with van der Waals surface area (Å²) in [5.41, 5.74) is 3.57. The first-order chi connectivity index (χ1) is 25.0. The highest BCUT2D eigenvalue weighted by Gasteiger charge is 2.37. The van der Waals surface area contributed by atoms with Crippen molar-refractivity contribution in [1.29, 1.82) is 0 Å². The first-order valence-electron chi connectivity index (χ1n) is 17.5. The number of piperidine rings is 1. The third-order valence-electron chi connectivity index (χ3n) is 10.00. The van der Waals surface area contributed by atoms with Gasteiger partial charge in [0.25, 0.3) is 5.92 Å². The molecule has 2 aromatic carbocycles. The van der Waals surface area contributed by atoms with Gasteiger partial charge in [0.1, 0.15) is 11.9 Å². The van der Waals surface area contributed by atoms with Gasteiger partial charge in [-0.25, -0.2) is 23.4 Å². The molecule has 1 aliphatic heterocycles. The molecule has 3 aromatic heterocycles. The van der Waals surface area contributed by atoms with Gasteiger partial charge in [-0.3, -0.25) is 9.88 Å². The zero-order valence-corrected chi connectivity index (χ0v) is 28.7. The Morgan fingerprint density at radius 1 is 0.865 bits per heavy atom. The molecule has 11 nitrogen and oxygen atoms in total. The molecule has 4 heterocycles. The summed E-state index contributed by atoms with van der Waals surface area (Å²) in [6.07, 6.45) is 8.24. The van der Waals surface area contributed by atoms with Crippen LogP contribution in [-0.4, -0.2) is 92.1 Å². The number of halogens is 2. The number of benzene rings is 2. The molecular weight excluding hydrogens is 674 g/mol. The fraction of sp³-hybridized carbons (Fsp3) is 0.385. The maximum Gasteiger partial charge on any atom is 0.336 e. The quantitative estimate of drug-likeness (QED) is 0.115. The fourth-order valence-corrected chi connectivity index (χ4v) is 7.13. The minimum absolute atomic E-state index is 0.0233. The number of aromatic nitrogens is 3. The van der Waals surface area contributed by atoms with Gasteiger partial charge in [-0.2, -0.15) is 0 Å². The summed E-state index contributed by atoms with van der Waals surface area (Å²) < 4.78 is 49.5. The number of carboxylic acids is 2. The number of rotatable bonds is 14. The second-order valence-corrected chi connectivity index (χ2v) is 13.6. The monoisotopic (exact) mass is 714 g/mol. The van der Waals surface area contributed by atoms with E-state index in [1.165, 1.54) is 6.07 Å².